The maximum atomic E-state index is 9.09. The fourth-order valence-corrected chi connectivity index (χ4v) is 3.32. The van der Waals surface area contributed by atoms with Gasteiger partial charge in [-0.3, -0.25) is 0 Å². The molecule has 0 radical (unpaired) electrons. The molecule has 2 unspecified atom stereocenters. The Hall–Kier alpha value is -0.120. The lowest BCUT2D eigenvalue weighted by Crippen LogP contribution is -2.43. The lowest BCUT2D eigenvalue weighted by atomic mass is 9.72. The van der Waals surface area contributed by atoms with Gasteiger partial charge in [0, 0.05) is 6.61 Å². The minimum absolute atomic E-state index is 0.355. The Kier molecular flexibility index (Phi) is 4.42. The number of hydrogen-bond donors (Lipinski definition) is 3. The van der Waals surface area contributed by atoms with Crippen LogP contribution in [0, 0.1) is 17.8 Å². The largest absolute Gasteiger partial charge is 0.396 e. The molecule has 0 aromatic carbocycles. The average Bonchev–Trinajstić information content (AvgIpc) is 2.31. The van der Waals surface area contributed by atoms with Gasteiger partial charge in [-0.05, 0) is 69.6 Å². The summed E-state index contributed by atoms with van der Waals surface area (Å²) in [6.07, 6.45) is 4.98. The molecule has 0 aliphatic carbocycles. The first-order valence-electron chi connectivity index (χ1n) is 6.44. The van der Waals surface area contributed by atoms with Crippen LogP contribution in [0.15, 0.2) is 0 Å². The minimum atomic E-state index is 0.355. The predicted octanol–water partition coefficient (Wildman–Crippen LogP) is 0.594. The second kappa shape index (κ2) is 5.83. The molecule has 3 N–H and O–H groups in total. The number of aliphatic hydroxyl groups is 1. The van der Waals surface area contributed by atoms with Crippen LogP contribution in [-0.2, 0) is 0 Å². The Balaban J connectivity index is 1.90. The van der Waals surface area contributed by atoms with Crippen molar-refractivity contribution in [1.82, 2.24) is 10.6 Å². The van der Waals surface area contributed by atoms with E-state index in [0.29, 0.717) is 12.5 Å². The molecular formula is C12H24N2O. The van der Waals surface area contributed by atoms with Crippen LogP contribution < -0.4 is 10.6 Å². The molecule has 2 aliphatic rings. The first-order valence-corrected chi connectivity index (χ1v) is 6.44. The van der Waals surface area contributed by atoms with Gasteiger partial charge in [-0.2, -0.15) is 0 Å². The zero-order valence-corrected chi connectivity index (χ0v) is 9.54. The maximum absolute atomic E-state index is 9.09. The van der Waals surface area contributed by atoms with Gasteiger partial charge in [-0.15, -0.1) is 0 Å². The molecule has 88 valence electrons. The van der Waals surface area contributed by atoms with Crippen molar-refractivity contribution in [3.05, 3.63) is 0 Å². The van der Waals surface area contributed by atoms with Gasteiger partial charge >= 0.3 is 0 Å². The van der Waals surface area contributed by atoms with E-state index in [1.165, 1.54) is 38.9 Å². The average molecular weight is 212 g/mol. The summed E-state index contributed by atoms with van der Waals surface area (Å²) in [5.41, 5.74) is 0. The third kappa shape index (κ3) is 2.92. The van der Waals surface area contributed by atoms with Gasteiger partial charge in [0.2, 0.25) is 0 Å². The molecule has 2 rings (SSSR count). The third-order valence-corrected chi connectivity index (χ3v) is 4.16. The summed E-state index contributed by atoms with van der Waals surface area (Å²) < 4.78 is 0. The molecule has 2 heterocycles. The van der Waals surface area contributed by atoms with Crippen LogP contribution in [0.1, 0.15) is 25.7 Å². The topological polar surface area (TPSA) is 44.3 Å². The van der Waals surface area contributed by atoms with Gasteiger partial charge in [0.1, 0.15) is 0 Å². The third-order valence-electron chi connectivity index (χ3n) is 4.16. The van der Waals surface area contributed by atoms with Crippen molar-refractivity contribution in [1.29, 1.82) is 0 Å². The minimum Gasteiger partial charge on any atom is -0.396 e. The summed E-state index contributed by atoms with van der Waals surface area (Å²) in [6, 6.07) is 0. The van der Waals surface area contributed by atoms with Gasteiger partial charge in [0.15, 0.2) is 0 Å². The van der Waals surface area contributed by atoms with Crippen molar-refractivity contribution >= 4 is 0 Å². The quantitative estimate of drug-likeness (QED) is 0.642. The molecule has 2 aliphatic heterocycles. The Morgan fingerprint density at radius 2 is 1.73 bits per heavy atom. The number of aliphatic hydroxyl groups excluding tert-OH is 1. The van der Waals surface area contributed by atoms with Crippen LogP contribution in [0.25, 0.3) is 0 Å². The van der Waals surface area contributed by atoms with E-state index < -0.39 is 0 Å². The fraction of sp³-hybridized carbons (Fsp3) is 1.00. The van der Waals surface area contributed by atoms with Gasteiger partial charge < -0.3 is 15.7 Å². The molecular weight excluding hydrogens is 188 g/mol. The summed E-state index contributed by atoms with van der Waals surface area (Å²) in [4.78, 5) is 0. The molecule has 15 heavy (non-hydrogen) atoms. The number of rotatable bonds is 3. The molecule has 0 spiro atoms. The molecule has 2 atom stereocenters. The molecule has 3 nitrogen and oxygen atoms in total. The van der Waals surface area contributed by atoms with E-state index in [1.54, 1.807) is 0 Å². The molecule has 0 saturated carbocycles. The normalized spacial score (nSPS) is 34.2. The van der Waals surface area contributed by atoms with Gasteiger partial charge in [0.05, 0.1) is 0 Å². The lowest BCUT2D eigenvalue weighted by molar-refractivity contribution is 0.119. The van der Waals surface area contributed by atoms with Gasteiger partial charge in [-0.1, -0.05) is 0 Å². The van der Waals surface area contributed by atoms with E-state index in [-0.39, 0.29) is 0 Å². The van der Waals surface area contributed by atoms with Crippen molar-refractivity contribution in [2.75, 3.05) is 32.8 Å². The molecule has 0 amide bonds. The van der Waals surface area contributed by atoms with Crippen LogP contribution >= 0.6 is 0 Å². The summed E-state index contributed by atoms with van der Waals surface area (Å²) in [7, 11) is 0. The highest BCUT2D eigenvalue weighted by Gasteiger charge is 2.31. The summed E-state index contributed by atoms with van der Waals surface area (Å²) in [5.74, 6) is 2.48. The van der Waals surface area contributed by atoms with E-state index >= 15 is 0 Å². The Morgan fingerprint density at radius 3 is 2.47 bits per heavy atom. The Morgan fingerprint density at radius 1 is 1.00 bits per heavy atom. The van der Waals surface area contributed by atoms with E-state index in [4.69, 9.17) is 5.11 Å². The number of piperidine rings is 2. The van der Waals surface area contributed by atoms with Gasteiger partial charge in [0.25, 0.3) is 0 Å². The number of nitrogens with one attached hydrogen (secondary N) is 2. The number of hydrogen-bond acceptors (Lipinski definition) is 3. The van der Waals surface area contributed by atoms with E-state index in [1.807, 2.05) is 0 Å². The lowest BCUT2D eigenvalue weighted by Gasteiger charge is -2.39. The summed E-state index contributed by atoms with van der Waals surface area (Å²) in [6.45, 7) is 5.04. The van der Waals surface area contributed by atoms with Crippen LogP contribution in [-0.4, -0.2) is 37.9 Å². The van der Waals surface area contributed by atoms with Crippen molar-refractivity contribution in [2.24, 2.45) is 17.8 Å². The molecule has 2 saturated heterocycles. The zero-order valence-electron chi connectivity index (χ0n) is 9.54. The first kappa shape index (κ1) is 11.4. The maximum Gasteiger partial charge on any atom is 0.0434 e. The summed E-state index contributed by atoms with van der Waals surface area (Å²) in [5, 5.41) is 16.0. The SMILES string of the molecule is OCCC1CNCCC1C1CCNCC1. The van der Waals surface area contributed by atoms with E-state index in [0.717, 1.165) is 24.8 Å². The van der Waals surface area contributed by atoms with Crippen LogP contribution in [0.4, 0.5) is 0 Å². The highest BCUT2D eigenvalue weighted by atomic mass is 16.3. The van der Waals surface area contributed by atoms with Crippen LogP contribution in [0.5, 0.6) is 0 Å². The van der Waals surface area contributed by atoms with Crippen molar-refractivity contribution in [2.45, 2.75) is 25.7 Å². The second-order valence-electron chi connectivity index (χ2n) is 5.02. The van der Waals surface area contributed by atoms with Gasteiger partial charge in [-0.25, -0.2) is 0 Å². The zero-order chi connectivity index (χ0) is 10.5. The van der Waals surface area contributed by atoms with E-state index in [2.05, 4.69) is 10.6 Å². The molecule has 3 heteroatoms. The Labute approximate surface area is 92.6 Å². The molecule has 0 aromatic heterocycles. The standard InChI is InChI=1S/C12H24N2O/c15-8-4-11-9-14-7-3-12(11)10-1-5-13-6-2-10/h10-15H,1-9H2. The second-order valence-corrected chi connectivity index (χ2v) is 5.02. The highest BCUT2D eigenvalue weighted by molar-refractivity contribution is 4.85. The van der Waals surface area contributed by atoms with Crippen LogP contribution in [0.2, 0.25) is 0 Å². The molecule has 0 aromatic rings. The molecule has 2 fully saturated rings. The van der Waals surface area contributed by atoms with Crippen molar-refractivity contribution < 1.29 is 5.11 Å². The molecule has 0 bridgehead atoms. The van der Waals surface area contributed by atoms with Crippen molar-refractivity contribution in [3.8, 4) is 0 Å². The fourth-order valence-electron chi connectivity index (χ4n) is 3.32. The summed E-state index contributed by atoms with van der Waals surface area (Å²) >= 11 is 0. The highest BCUT2D eigenvalue weighted by Crippen LogP contribution is 2.34. The van der Waals surface area contributed by atoms with Crippen molar-refractivity contribution in [3.63, 3.8) is 0 Å². The van der Waals surface area contributed by atoms with Crippen LogP contribution in [0.3, 0.4) is 0 Å². The van der Waals surface area contributed by atoms with E-state index in [9.17, 15) is 0 Å². The smallest absolute Gasteiger partial charge is 0.0434 e. The first-order chi connectivity index (χ1) is 7.42. The predicted molar refractivity (Wildman–Crippen MR) is 61.8 cm³/mol. The monoisotopic (exact) mass is 212 g/mol. The Bertz CT molecular complexity index is 168.